The molecule has 0 saturated carbocycles. The van der Waals surface area contributed by atoms with Gasteiger partial charge in [-0.25, -0.2) is 9.67 Å². The average molecular weight is 425 g/mol. The number of hydrogen-bond acceptors (Lipinski definition) is 9. The van der Waals surface area contributed by atoms with Gasteiger partial charge < -0.3 is 8.83 Å². The van der Waals surface area contributed by atoms with Gasteiger partial charge in [0.2, 0.25) is 4.80 Å². The Kier molecular flexibility index (Phi) is 5.05. The molecule has 11 nitrogen and oxygen atoms in total. The van der Waals surface area contributed by atoms with Gasteiger partial charge in [-0.1, -0.05) is 12.1 Å². The van der Waals surface area contributed by atoms with Gasteiger partial charge in [-0.2, -0.15) is 5.10 Å². The average Bonchev–Trinajstić information content (AvgIpc) is 3.47. The fourth-order valence-corrected chi connectivity index (χ4v) is 3.35. The molecule has 0 atom stereocenters. The number of nitro groups is 2. The van der Waals surface area contributed by atoms with E-state index in [1.54, 1.807) is 29.6 Å². The van der Waals surface area contributed by atoms with E-state index in [2.05, 4.69) is 10.1 Å². The van der Waals surface area contributed by atoms with Gasteiger partial charge in [-0.15, -0.1) is 11.3 Å². The van der Waals surface area contributed by atoms with Crippen LogP contribution in [0.25, 0.3) is 11.5 Å². The second-order valence-electron chi connectivity index (χ2n) is 5.73. The van der Waals surface area contributed by atoms with Crippen LogP contribution in [0.3, 0.4) is 0 Å². The molecule has 0 amide bonds. The van der Waals surface area contributed by atoms with Crippen molar-refractivity contribution in [3.63, 3.8) is 0 Å². The summed E-state index contributed by atoms with van der Waals surface area (Å²) in [6.45, 7) is 0. The number of hydrogen-bond donors (Lipinski definition) is 0. The smallest absolute Gasteiger partial charge is 0.433 e. The van der Waals surface area contributed by atoms with Gasteiger partial charge in [-0.3, -0.25) is 20.2 Å². The van der Waals surface area contributed by atoms with Gasteiger partial charge >= 0.3 is 5.88 Å². The molecule has 4 aromatic rings. The monoisotopic (exact) mass is 425 g/mol. The number of para-hydroxylation sites is 2. The van der Waals surface area contributed by atoms with Crippen LogP contribution in [0.5, 0.6) is 0 Å². The summed E-state index contributed by atoms with van der Waals surface area (Å²) in [5, 5.41) is 28.1. The first kappa shape index (κ1) is 19.0. The zero-order valence-electron chi connectivity index (χ0n) is 14.9. The van der Waals surface area contributed by atoms with Gasteiger partial charge in [0, 0.05) is 11.4 Å². The van der Waals surface area contributed by atoms with E-state index < -0.39 is 15.7 Å². The molecule has 12 heteroatoms. The zero-order chi connectivity index (χ0) is 21.1. The number of furan rings is 2. The number of benzene rings is 1. The molecule has 0 fully saturated rings. The standard InChI is InChI=1S/C18H11N5O6S/c24-22(25)14-5-2-1-4-13(14)20-18-21(15(11-30-18)16-6-3-9-28-16)19-10-12-7-8-17(29-12)23(26)27/h1-11H. The second kappa shape index (κ2) is 7.97. The lowest BCUT2D eigenvalue weighted by atomic mass is 10.3. The highest BCUT2D eigenvalue weighted by molar-refractivity contribution is 7.07. The third-order valence-corrected chi connectivity index (χ3v) is 4.66. The third-order valence-electron chi connectivity index (χ3n) is 3.85. The predicted octanol–water partition coefficient (Wildman–Crippen LogP) is 4.33. The third kappa shape index (κ3) is 3.79. The van der Waals surface area contributed by atoms with Crippen LogP contribution >= 0.6 is 11.3 Å². The molecular weight excluding hydrogens is 414 g/mol. The summed E-state index contributed by atoms with van der Waals surface area (Å²) in [4.78, 5) is 25.6. The maximum absolute atomic E-state index is 11.3. The number of nitrogens with zero attached hydrogens (tertiary/aromatic N) is 5. The topological polar surface area (TPSA) is 142 Å². The molecule has 0 aliphatic rings. The van der Waals surface area contributed by atoms with Crippen LogP contribution in [0.1, 0.15) is 5.76 Å². The largest absolute Gasteiger partial charge is 0.463 e. The lowest BCUT2D eigenvalue weighted by Gasteiger charge is -2.00. The highest BCUT2D eigenvalue weighted by Gasteiger charge is 2.15. The summed E-state index contributed by atoms with van der Waals surface area (Å²) in [5.74, 6) is 0.239. The number of nitro benzene ring substituents is 1. The molecule has 0 bridgehead atoms. The first-order valence-electron chi connectivity index (χ1n) is 8.34. The maximum atomic E-state index is 11.3. The number of thiazole rings is 1. The van der Waals surface area contributed by atoms with Crippen LogP contribution in [-0.4, -0.2) is 20.7 Å². The molecule has 0 unspecified atom stereocenters. The van der Waals surface area contributed by atoms with Crippen molar-refractivity contribution in [3.05, 3.63) is 91.0 Å². The van der Waals surface area contributed by atoms with E-state index in [1.807, 2.05) is 0 Å². The Morgan fingerprint density at radius 1 is 1.03 bits per heavy atom. The van der Waals surface area contributed by atoms with Crippen molar-refractivity contribution in [3.8, 4) is 11.5 Å². The summed E-state index contributed by atoms with van der Waals surface area (Å²) in [6, 6.07) is 12.1. The van der Waals surface area contributed by atoms with Crippen LogP contribution < -0.4 is 4.80 Å². The minimum atomic E-state index is -0.654. The maximum Gasteiger partial charge on any atom is 0.433 e. The SMILES string of the molecule is O=[N+]([O-])c1ccc(C=Nn2c(-c3ccco3)csc2=Nc2ccccc2[N+](=O)[O-])o1. The minimum Gasteiger partial charge on any atom is -0.463 e. The highest BCUT2D eigenvalue weighted by Crippen LogP contribution is 2.27. The lowest BCUT2D eigenvalue weighted by Crippen LogP contribution is -2.11. The first-order valence-corrected chi connectivity index (χ1v) is 9.22. The van der Waals surface area contributed by atoms with Crippen LogP contribution in [0.15, 0.2) is 79.1 Å². The Bertz CT molecular complexity index is 1310. The predicted molar refractivity (Wildman–Crippen MR) is 107 cm³/mol. The van der Waals surface area contributed by atoms with Crippen LogP contribution in [0.4, 0.5) is 17.3 Å². The fourth-order valence-electron chi connectivity index (χ4n) is 2.52. The van der Waals surface area contributed by atoms with Crippen molar-refractivity contribution in [1.82, 2.24) is 4.68 Å². The molecule has 0 radical (unpaired) electrons. The Morgan fingerprint density at radius 3 is 2.57 bits per heavy atom. The van der Waals surface area contributed by atoms with Gasteiger partial charge in [0.1, 0.15) is 16.3 Å². The van der Waals surface area contributed by atoms with Crippen molar-refractivity contribution in [1.29, 1.82) is 0 Å². The Hall–Kier alpha value is -4.32. The molecule has 0 aliphatic heterocycles. The van der Waals surface area contributed by atoms with Gasteiger partial charge in [0.05, 0.1) is 23.5 Å². The summed E-state index contributed by atoms with van der Waals surface area (Å²) in [7, 11) is 0. The van der Waals surface area contributed by atoms with E-state index in [1.165, 1.54) is 52.8 Å². The molecule has 30 heavy (non-hydrogen) atoms. The second-order valence-corrected chi connectivity index (χ2v) is 6.56. The molecular formula is C18H11N5O6S. The molecule has 150 valence electrons. The van der Waals surface area contributed by atoms with Gasteiger partial charge in [0.15, 0.2) is 11.5 Å². The van der Waals surface area contributed by atoms with Crippen LogP contribution in [-0.2, 0) is 0 Å². The van der Waals surface area contributed by atoms with Crippen molar-refractivity contribution in [2.45, 2.75) is 0 Å². The van der Waals surface area contributed by atoms with Crippen molar-refractivity contribution >= 4 is 34.8 Å². The Morgan fingerprint density at radius 2 is 1.87 bits per heavy atom. The van der Waals surface area contributed by atoms with E-state index >= 15 is 0 Å². The molecule has 3 heterocycles. The fraction of sp³-hybridized carbons (Fsp3) is 0. The molecule has 0 aliphatic carbocycles. The van der Waals surface area contributed by atoms with Gasteiger partial charge in [0.25, 0.3) is 5.69 Å². The molecule has 1 aromatic carbocycles. The summed E-state index contributed by atoms with van der Waals surface area (Å²) in [5.41, 5.74) is 0.551. The summed E-state index contributed by atoms with van der Waals surface area (Å²) < 4.78 is 11.9. The molecule has 0 N–H and O–H groups in total. The molecule has 0 spiro atoms. The summed E-state index contributed by atoms with van der Waals surface area (Å²) >= 11 is 1.20. The van der Waals surface area contributed by atoms with Crippen molar-refractivity contribution in [2.75, 3.05) is 0 Å². The number of rotatable bonds is 6. The van der Waals surface area contributed by atoms with Crippen molar-refractivity contribution < 1.29 is 18.7 Å². The van der Waals surface area contributed by atoms with Crippen molar-refractivity contribution in [2.24, 2.45) is 10.1 Å². The minimum absolute atomic E-state index is 0.150. The summed E-state index contributed by atoms with van der Waals surface area (Å²) in [6.07, 6.45) is 2.78. The van der Waals surface area contributed by atoms with E-state index in [-0.39, 0.29) is 17.1 Å². The van der Waals surface area contributed by atoms with Crippen LogP contribution in [0.2, 0.25) is 0 Å². The van der Waals surface area contributed by atoms with Gasteiger partial charge in [-0.05, 0) is 24.3 Å². The van der Waals surface area contributed by atoms with E-state index in [9.17, 15) is 20.2 Å². The molecule has 4 rings (SSSR count). The quantitative estimate of drug-likeness (QED) is 0.255. The normalized spacial score (nSPS) is 11.9. The highest BCUT2D eigenvalue weighted by atomic mass is 32.1. The Balaban J connectivity index is 1.83. The number of aromatic nitrogens is 1. The van der Waals surface area contributed by atoms with E-state index in [0.29, 0.717) is 16.3 Å². The molecule has 3 aromatic heterocycles. The van der Waals surface area contributed by atoms with Crippen LogP contribution in [0, 0.1) is 20.2 Å². The molecule has 0 saturated heterocycles. The lowest BCUT2D eigenvalue weighted by molar-refractivity contribution is -0.402. The van der Waals surface area contributed by atoms with E-state index in [4.69, 9.17) is 8.83 Å². The first-order chi connectivity index (χ1) is 14.5. The Labute approximate surface area is 171 Å². The zero-order valence-corrected chi connectivity index (χ0v) is 15.8. The van der Waals surface area contributed by atoms with E-state index in [0.717, 1.165) is 0 Å².